The minimum absolute atomic E-state index is 0.160. The molecule has 24 heavy (non-hydrogen) atoms. The van der Waals surface area contributed by atoms with Crippen LogP contribution in [0.15, 0.2) is 59.7 Å². The van der Waals surface area contributed by atoms with Crippen LogP contribution < -0.4 is 10.9 Å². The molecule has 0 aliphatic carbocycles. The minimum Gasteiger partial charge on any atom is -0.352 e. The van der Waals surface area contributed by atoms with Gasteiger partial charge in [0.05, 0.1) is 17.2 Å². The number of halogens is 1. The summed E-state index contributed by atoms with van der Waals surface area (Å²) in [5.74, 6) is -0.493. The number of carbonyl (C=O) groups excluding carboxylic acids is 1. The summed E-state index contributed by atoms with van der Waals surface area (Å²) in [7, 11) is 0. The summed E-state index contributed by atoms with van der Waals surface area (Å²) in [5, 5.41) is 3.28. The normalized spacial score (nSPS) is 10.7. The molecule has 0 fully saturated rings. The van der Waals surface area contributed by atoms with Gasteiger partial charge in [0.1, 0.15) is 5.82 Å². The fourth-order valence-corrected chi connectivity index (χ4v) is 2.38. The zero-order valence-corrected chi connectivity index (χ0v) is 12.9. The molecule has 3 rings (SSSR count). The van der Waals surface area contributed by atoms with E-state index in [0.717, 1.165) is 5.56 Å². The average Bonchev–Trinajstić information content (AvgIpc) is 2.61. The largest absolute Gasteiger partial charge is 0.352 e. The molecular weight excluding hydrogens is 309 g/mol. The summed E-state index contributed by atoms with van der Waals surface area (Å²) >= 11 is 0. The van der Waals surface area contributed by atoms with Crippen molar-refractivity contribution < 1.29 is 9.18 Å². The highest BCUT2D eigenvalue weighted by molar-refractivity contribution is 5.77. The first-order chi connectivity index (χ1) is 11.6. The third kappa shape index (κ3) is 3.65. The third-order valence-corrected chi connectivity index (χ3v) is 3.71. The highest BCUT2D eigenvalue weighted by Gasteiger charge is 2.06. The van der Waals surface area contributed by atoms with Gasteiger partial charge in [-0.25, -0.2) is 9.37 Å². The monoisotopic (exact) mass is 325 g/mol. The molecule has 0 bridgehead atoms. The van der Waals surface area contributed by atoms with E-state index in [1.54, 1.807) is 30.3 Å². The number of nitrogens with zero attached hydrogens (tertiary/aromatic N) is 2. The Morgan fingerprint density at radius 3 is 2.67 bits per heavy atom. The van der Waals surface area contributed by atoms with E-state index < -0.39 is 0 Å². The lowest BCUT2D eigenvalue weighted by atomic mass is 10.2. The maximum Gasteiger partial charge on any atom is 0.261 e. The Bertz CT molecular complexity index is 919. The van der Waals surface area contributed by atoms with Gasteiger partial charge in [-0.2, -0.15) is 0 Å². The van der Waals surface area contributed by atoms with Crippen LogP contribution in [-0.4, -0.2) is 15.5 Å². The molecule has 0 atom stereocenters. The van der Waals surface area contributed by atoms with Crippen LogP contribution in [0.2, 0.25) is 0 Å². The van der Waals surface area contributed by atoms with Gasteiger partial charge >= 0.3 is 0 Å². The highest BCUT2D eigenvalue weighted by atomic mass is 19.1. The number of nitrogens with one attached hydrogen (secondary N) is 1. The van der Waals surface area contributed by atoms with E-state index in [0.29, 0.717) is 17.4 Å². The van der Waals surface area contributed by atoms with E-state index in [-0.39, 0.29) is 30.2 Å². The Kier molecular flexibility index (Phi) is 4.65. The van der Waals surface area contributed by atoms with Crippen molar-refractivity contribution in [3.8, 4) is 0 Å². The van der Waals surface area contributed by atoms with Crippen molar-refractivity contribution in [2.45, 2.75) is 19.5 Å². The zero-order chi connectivity index (χ0) is 16.9. The zero-order valence-electron chi connectivity index (χ0n) is 12.9. The van der Waals surface area contributed by atoms with E-state index >= 15 is 0 Å². The van der Waals surface area contributed by atoms with Gasteiger partial charge in [-0.05, 0) is 29.8 Å². The fraction of sp³-hybridized carbons (Fsp3) is 0.167. The van der Waals surface area contributed by atoms with E-state index in [1.165, 1.54) is 23.0 Å². The van der Waals surface area contributed by atoms with Crippen molar-refractivity contribution in [2.24, 2.45) is 0 Å². The number of amides is 1. The highest BCUT2D eigenvalue weighted by Crippen LogP contribution is 2.05. The molecule has 1 N–H and O–H groups in total. The lowest BCUT2D eigenvalue weighted by molar-refractivity contribution is -0.121. The molecule has 0 radical (unpaired) electrons. The Morgan fingerprint density at radius 2 is 1.88 bits per heavy atom. The van der Waals surface area contributed by atoms with Crippen LogP contribution in [0.25, 0.3) is 10.9 Å². The summed E-state index contributed by atoms with van der Waals surface area (Å²) in [6.45, 7) is 0.579. The number of para-hydroxylation sites is 1. The second-order valence-electron chi connectivity index (χ2n) is 5.41. The molecule has 5 nitrogen and oxygen atoms in total. The molecule has 0 unspecified atom stereocenters. The minimum atomic E-state index is -0.312. The lowest BCUT2D eigenvalue weighted by Gasteiger charge is -2.08. The standard InChI is InChI=1S/C18H16FN3O2/c19-14-7-5-13(6-8-14)11-20-17(23)9-10-22-12-21-16-4-2-1-3-15(16)18(22)24/h1-8,12H,9-11H2,(H,20,23). The third-order valence-electron chi connectivity index (χ3n) is 3.71. The Morgan fingerprint density at radius 1 is 1.12 bits per heavy atom. The molecular formula is C18H16FN3O2. The second-order valence-corrected chi connectivity index (χ2v) is 5.41. The predicted octanol–water partition coefficient (Wildman–Crippen LogP) is 2.24. The average molecular weight is 325 g/mol. The van der Waals surface area contributed by atoms with Gasteiger partial charge in [-0.1, -0.05) is 24.3 Å². The van der Waals surface area contributed by atoms with Crippen LogP contribution in [0.5, 0.6) is 0 Å². The van der Waals surface area contributed by atoms with Gasteiger partial charge < -0.3 is 5.32 Å². The van der Waals surface area contributed by atoms with Crippen molar-refractivity contribution in [3.05, 3.63) is 76.6 Å². The predicted molar refractivity (Wildman–Crippen MR) is 88.9 cm³/mol. The lowest BCUT2D eigenvalue weighted by Crippen LogP contribution is -2.27. The van der Waals surface area contributed by atoms with Crippen molar-refractivity contribution in [2.75, 3.05) is 0 Å². The van der Waals surface area contributed by atoms with Crippen LogP contribution in [0.3, 0.4) is 0 Å². The first kappa shape index (κ1) is 15.9. The molecule has 0 spiro atoms. The number of aryl methyl sites for hydroxylation is 1. The van der Waals surface area contributed by atoms with Gasteiger partial charge in [-0.3, -0.25) is 14.2 Å². The number of hydrogen-bond donors (Lipinski definition) is 1. The molecule has 122 valence electrons. The van der Waals surface area contributed by atoms with Crippen LogP contribution in [-0.2, 0) is 17.9 Å². The SMILES string of the molecule is O=C(CCn1cnc2ccccc2c1=O)NCc1ccc(F)cc1. The molecule has 0 saturated heterocycles. The first-order valence-corrected chi connectivity index (χ1v) is 7.59. The molecule has 2 aromatic carbocycles. The Balaban J connectivity index is 1.59. The van der Waals surface area contributed by atoms with Gasteiger partial charge in [0.15, 0.2) is 0 Å². The Hall–Kier alpha value is -3.02. The summed E-state index contributed by atoms with van der Waals surface area (Å²) in [6.07, 6.45) is 1.62. The molecule has 6 heteroatoms. The number of hydrogen-bond acceptors (Lipinski definition) is 3. The van der Waals surface area contributed by atoms with Crippen molar-refractivity contribution in [1.82, 2.24) is 14.9 Å². The molecule has 1 heterocycles. The maximum atomic E-state index is 12.8. The van der Waals surface area contributed by atoms with Crippen LogP contribution in [0.1, 0.15) is 12.0 Å². The van der Waals surface area contributed by atoms with E-state index in [4.69, 9.17) is 0 Å². The Labute approximate surface area is 137 Å². The van der Waals surface area contributed by atoms with Crippen molar-refractivity contribution in [3.63, 3.8) is 0 Å². The first-order valence-electron chi connectivity index (χ1n) is 7.59. The summed E-state index contributed by atoms with van der Waals surface area (Å²) < 4.78 is 14.2. The van der Waals surface area contributed by atoms with E-state index in [1.807, 2.05) is 6.07 Å². The second kappa shape index (κ2) is 7.04. The summed E-state index contributed by atoms with van der Waals surface area (Å²) in [6, 6.07) is 13.0. The number of benzene rings is 2. The molecule has 0 saturated carbocycles. The topological polar surface area (TPSA) is 64.0 Å². The van der Waals surface area contributed by atoms with Gasteiger partial charge in [0.2, 0.25) is 5.91 Å². The van der Waals surface area contributed by atoms with Crippen molar-refractivity contribution in [1.29, 1.82) is 0 Å². The van der Waals surface area contributed by atoms with Gasteiger partial charge in [-0.15, -0.1) is 0 Å². The smallest absolute Gasteiger partial charge is 0.261 e. The maximum absolute atomic E-state index is 12.8. The summed E-state index contributed by atoms with van der Waals surface area (Å²) in [5.41, 5.74) is 1.29. The quantitative estimate of drug-likeness (QED) is 0.782. The van der Waals surface area contributed by atoms with Gasteiger partial charge in [0, 0.05) is 19.5 Å². The molecule has 1 amide bonds. The van der Waals surface area contributed by atoms with E-state index in [9.17, 15) is 14.0 Å². The molecule has 1 aromatic heterocycles. The molecule has 0 aliphatic rings. The van der Waals surface area contributed by atoms with Crippen LogP contribution >= 0.6 is 0 Å². The van der Waals surface area contributed by atoms with Crippen LogP contribution in [0.4, 0.5) is 4.39 Å². The molecule has 3 aromatic rings. The fourth-order valence-electron chi connectivity index (χ4n) is 2.38. The summed E-state index contributed by atoms with van der Waals surface area (Å²) in [4.78, 5) is 28.4. The number of carbonyl (C=O) groups is 1. The number of aromatic nitrogens is 2. The van der Waals surface area contributed by atoms with Crippen LogP contribution in [0, 0.1) is 5.82 Å². The van der Waals surface area contributed by atoms with E-state index in [2.05, 4.69) is 10.3 Å². The molecule has 0 aliphatic heterocycles. The van der Waals surface area contributed by atoms with Gasteiger partial charge in [0.25, 0.3) is 5.56 Å². The number of fused-ring (bicyclic) bond motifs is 1. The number of rotatable bonds is 5. The van der Waals surface area contributed by atoms with Crippen molar-refractivity contribution >= 4 is 16.8 Å².